The molecule has 8 heteroatoms. The number of benzene rings is 1. The summed E-state index contributed by atoms with van der Waals surface area (Å²) in [5.41, 5.74) is 13.3. The predicted molar refractivity (Wildman–Crippen MR) is 110 cm³/mol. The topological polar surface area (TPSA) is 138 Å². The van der Waals surface area contributed by atoms with Crippen LogP contribution in [0.2, 0.25) is 0 Å². The molecule has 2 unspecified atom stereocenters. The smallest absolute Gasteiger partial charge is 0.237 e. The van der Waals surface area contributed by atoms with E-state index < -0.39 is 18.0 Å². The van der Waals surface area contributed by atoms with E-state index in [9.17, 15) is 9.59 Å². The molecule has 1 aromatic carbocycles. The van der Waals surface area contributed by atoms with Crippen LogP contribution in [0.4, 0.5) is 0 Å². The van der Waals surface area contributed by atoms with Gasteiger partial charge < -0.3 is 16.8 Å². The number of rotatable bonds is 7. The Balaban J connectivity index is 1.64. The Morgan fingerprint density at radius 1 is 1.24 bits per heavy atom. The van der Waals surface area contributed by atoms with Crippen molar-refractivity contribution in [1.82, 2.24) is 15.2 Å². The minimum absolute atomic E-state index is 0.103. The van der Waals surface area contributed by atoms with Crippen LogP contribution in [0.3, 0.4) is 0 Å². The Morgan fingerprint density at radius 3 is 2.55 bits per heavy atom. The number of amides is 2. The number of hydrogen-bond acceptors (Lipinski definition) is 5. The van der Waals surface area contributed by atoms with Crippen LogP contribution in [0, 0.1) is 5.41 Å². The van der Waals surface area contributed by atoms with Crippen LogP contribution >= 0.6 is 0 Å². The SMILES string of the molecule is C[C@@H](C(=O)NCc1ccc(C(=N)N)nc1)N1CC(c2ccccc2)CC1C(N)=O. The summed E-state index contributed by atoms with van der Waals surface area (Å²) in [5, 5.41) is 10.2. The standard InChI is InChI=1S/C21H26N6O2/c1-13(21(29)26-11-14-7-8-17(19(22)23)25-10-14)27-12-16(9-18(27)20(24)28)15-5-3-2-4-6-15/h2-8,10,13,16,18H,9,11-12H2,1H3,(H3,22,23)(H2,24,28)(H,26,29)/t13-,16?,18?/m0/s1. The van der Waals surface area contributed by atoms with Gasteiger partial charge in [-0.25, -0.2) is 0 Å². The molecule has 6 N–H and O–H groups in total. The Morgan fingerprint density at radius 2 is 1.97 bits per heavy atom. The van der Waals surface area contributed by atoms with E-state index in [0.29, 0.717) is 25.2 Å². The molecule has 0 bridgehead atoms. The summed E-state index contributed by atoms with van der Waals surface area (Å²) in [5.74, 6) is -0.534. The summed E-state index contributed by atoms with van der Waals surface area (Å²) in [7, 11) is 0. The zero-order valence-corrected chi connectivity index (χ0v) is 16.3. The molecule has 3 atom stereocenters. The minimum Gasteiger partial charge on any atom is -0.382 e. The van der Waals surface area contributed by atoms with Gasteiger partial charge in [-0.2, -0.15) is 0 Å². The van der Waals surface area contributed by atoms with Crippen molar-refractivity contribution in [2.24, 2.45) is 11.5 Å². The summed E-state index contributed by atoms with van der Waals surface area (Å²) < 4.78 is 0. The lowest BCUT2D eigenvalue weighted by atomic mass is 9.96. The van der Waals surface area contributed by atoms with Crippen molar-refractivity contribution < 1.29 is 9.59 Å². The van der Waals surface area contributed by atoms with Crippen molar-refractivity contribution in [1.29, 1.82) is 5.41 Å². The van der Waals surface area contributed by atoms with Crippen molar-refractivity contribution in [3.05, 3.63) is 65.5 Å². The second kappa shape index (κ2) is 8.83. The normalized spacial score (nSPS) is 20.2. The van der Waals surface area contributed by atoms with Crippen molar-refractivity contribution >= 4 is 17.6 Å². The van der Waals surface area contributed by atoms with E-state index in [2.05, 4.69) is 10.3 Å². The predicted octanol–water partition coefficient (Wildman–Crippen LogP) is 0.714. The first-order valence-corrected chi connectivity index (χ1v) is 9.54. The van der Waals surface area contributed by atoms with Crippen LogP contribution in [0.15, 0.2) is 48.7 Å². The lowest BCUT2D eigenvalue weighted by Crippen LogP contribution is -2.51. The molecule has 1 fully saturated rings. The summed E-state index contributed by atoms with van der Waals surface area (Å²) in [6.07, 6.45) is 2.18. The van der Waals surface area contributed by atoms with Gasteiger partial charge in [-0.1, -0.05) is 36.4 Å². The summed E-state index contributed by atoms with van der Waals surface area (Å²) in [6.45, 7) is 2.68. The monoisotopic (exact) mass is 394 g/mol. The number of nitrogen functional groups attached to an aromatic ring is 1. The van der Waals surface area contributed by atoms with E-state index in [-0.39, 0.29) is 17.7 Å². The number of nitrogens with one attached hydrogen (secondary N) is 2. The molecule has 0 spiro atoms. The molecule has 0 aliphatic carbocycles. The highest BCUT2D eigenvalue weighted by atomic mass is 16.2. The summed E-state index contributed by atoms with van der Waals surface area (Å²) in [6, 6.07) is 12.4. The number of pyridine rings is 1. The first-order valence-electron chi connectivity index (χ1n) is 9.54. The minimum atomic E-state index is -0.495. The maximum atomic E-state index is 12.7. The molecular formula is C21H26N6O2. The fourth-order valence-electron chi connectivity index (χ4n) is 3.71. The van der Waals surface area contributed by atoms with Crippen LogP contribution in [0.1, 0.15) is 36.1 Å². The Bertz CT molecular complexity index is 884. The molecule has 2 aromatic rings. The number of amidine groups is 1. The number of nitrogens with zero attached hydrogens (tertiary/aromatic N) is 2. The highest BCUT2D eigenvalue weighted by Gasteiger charge is 2.40. The van der Waals surface area contributed by atoms with Gasteiger partial charge in [0.25, 0.3) is 0 Å². The maximum Gasteiger partial charge on any atom is 0.237 e. The summed E-state index contributed by atoms with van der Waals surface area (Å²) in [4.78, 5) is 30.7. The van der Waals surface area contributed by atoms with Gasteiger partial charge >= 0.3 is 0 Å². The molecule has 0 saturated carbocycles. The Hall–Kier alpha value is -3.26. The zero-order chi connectivity index (χ0) is 21.0. The first-order chi connectivity index (χ1) is 13.9. The number of primary amides is 1. The zero-order valence-electron chi connectivity index (χ0n) is 16.3. The quantitative estimate of drug-likeness (QED) is 0.405. The van der Waals surface area contributed by atoms with Crippen LogP contribution in [-0.4, -0.2) is 46.2 Å². The third-order valence-electron chi connectivity index (χ3n) is 5.38. The molecule has 1 saturated heterocycles. The van der Waals surface area contributed by atoms with E-state index in [4.69, 9.17) is 16.9 Å². The molecule has 8 nitrogen and oxygen atoms in total. The maximum absolute atomic E-state index is 12.7. The molecule has 1 aliphatic heterocycles. The first kappa shape index (κ1) is 20.5. The van der Waals surface area contributed by atoms with Gasteiger partial charge in [-0.15, -0.1) is 0 Å². The van der Waals surface area contributed by atoms with Crippen LogP contribution < -0.4 is 16.8 Å². The number of likely N-dealkylation sites (tertiary alicyclic amines) is 1. The van der Waals surface area contributed by atoms with E-state index in [1.807, 2.05) is 35.2 Å². The second-order valence-electron chi connectivity index (χ2n) is 7.32. The molecule has 29 heavy (non-hydrogen) atoms. The fraction of sp³-hybridized carbons (Fsp3) is 0.333. The molecular weight excluding hydrogens is 368 g/mol. The molecule has 152 valence electrons. The van der Waals surface area contributed by atoms with E-state index in [1.54, 1.807) is 25.3 Å². The number of aromatic nitrogens is 1. The van der Waals surface area contributed by atoms with Crippen molar-refractivity contribution in [2.75, 3.05) is 6.54 Å². The van der Waals surface area contributed by atoms with Gasteiger partial charge in [0.05, 0.1) is 12.1 Å². The lowest BCUT2D eigenvalue weighted by molar-refractivity contribution is -0.129. The largest absolute Gasteiger partial charge is 0.382 e. The average molecular weight is 394 g/mol. The van der Waals surface area contributed by atoms with Gasteiger partial charge in [-0.05, 0) is 36.5 Å². The molecule has 2 heterocycles. The fourth-order valence-corrected chi connectivity index (χ4v) is 3.71. The highest BCUT2D eigenvalue weighted by Crippen LogP contribution is 2.33. The number of carbonyl (C=O) groups is 2. The van der Waals surface area contributed by atoms with Gasteiger partial charge in [0.2, 0.25) is 11.8 Å². The van der Waals surface area contributed by atoms with Crippen LogP contribution in [-0.2, 0) is 16.1 Å². The van der Waals surface area contributed by atoms with Gasteiger partial charge in [0.15, 0.2) is 0 Å². The Kier molecular flexibility index (Phi) is 6.23. The third-order valence-corrected chi connectivity index (χ3v) is 5.38. The Labute approximate surface area is 169 Å². The van der Waals surface area contributed by atoms with Gasteiger partial charge in [0, 0.05) is 19.3 Å². The van der Waals surface area contributed by atoms with E-state index in [0.717, 1.165) is 11.1 Å². The van der Waals surface area contributed by atoms with Crippen LogP contribution in [0.25, 0.3) is 0 Å². The second-order valence-corrected chi connectivity index (χ2v) is 7.32. The average Bonchev–Trinajstić information content (AvgIpc) is 3.18. The molecule has 2 amide bonds. The highest BCUT2D eigenvalue weighted by molar-refractivity contribution is 5.92. The summed E-state index contributed by atoms with van der Waals surface area (Å²) >= 11 is 0. The number of hydrogen-bond donors (Lipinski definition) is 4. The number of carbonyl (C=O) groups excluding carboxylic acids is 2. The molecule has 0 radical (unpaired) electrons. The number of nitrogens with two attached hydrogens (primary N) is 2. The van der Waals surface area contributed by atoms with Crippen molar-refractivity contribution in [3.8, 4) is 0 Å². The van der Waals surface area contributed by atoms with Gasteiger partial charge in [-0.3, -0.25) is 24.9 Å². The molecule has 1 aromatic heterocycles. The third kappa shape index (κ3) is 4.78. The van der Waals surface area contributed by atoms with Crippen molar-refractivity contribution in [3.63, 3.8) is 0 Å². The van der Waals surface area contributed by atoms with Crippen molar-refractivity contribution in [2.45, 2.75) is 37.9 Å². The van der Waals surface area contributed by atoms with Crippen LogP contribution in [0.5, 0.6) is 0 Å². The lowest BCUT2D eigenvalue weighted by Gasteiger charge is -2.28. The molecule has 3 rings (SSSR count). The molecule has 1 aliphatic rings. The van der Waals surface area contributed by atoms with Gasteiger partial charge in [0.1, 0.15) is 11.5 Å². The van der Waals surface area contributed by atoms with E-state index >= 15 is 0 Å². The van der Waals surface area contributed by atoms with E-state index in [1.165, 1.54) is 0 Å².